The number of phenols is 1. The van der Waals surface area contributed by atoms with E-state index in [1.54, 1.807) is 31.2 Å². The van der Waals surface area contributed by atoms with Crippen LogP contribution in [0, 0.1) is 0 Å². The lowest BCUT2D eigenvalue weighted by Crippen LogP contribution is -2.19. The zero-order chi connectivity index (χ0) is 19.4. The first-order chi connectivity index (χ1) is 13.0. The van der Waals surface area contributed by atoms with Crippen molar-refractivity contribution in [1.29, 1.82) is 0 Å². The zero-order valence-electron chi connectivity index (χ0n) is 14.7. The summed E-state index contributed by atoms with van der Waals surface area (Å²) in [6.45, 7) is 1.73. The van der Waals surface area contributed by atoms with Crippen LogP contribution in [-0.2, 0) is 0 Å². The first-order valence-corrected chi connectivity index (χ1v) is 8.39. The third kappa shape index (κ3) is 4.09. The second-order valence-corrected chi connectivity index (χ2v) is 6.08. The number of aromatic nitrogens is 2. The predicted octanol–water partition coefficient (Wildman–Crippen LogP) is 3.60. The van der Waals surface area contributed by atoms with Crippen LogP contribution < -0.4 is 10.2 Å². The molecule has 0 saturated heterocycles. The summed E-state index contributed by atoms with van der Waals surface area (Å²) in [5.41, 5.74) is 5.27. The van der Waals surface area contributed by atoms with Gasteiger partial charge in [-0.2, -0.15) is 10.2 Å². The van der Waals surface area contributed by atoms with Gasteiger partial charge in [0, 0.05) is 11.1 Å². The molecule has 3 N–H and O–H groups in total. The Labute approximate surface area is 160 Å². The largest absolute Gasteiger partial charge is 0.504 e. The van der Waals surface area contributed by atoms with Crippen LogP contribution in [0.15, 0.2) is 53.6 Å². The summed E-state index contributed by atoms with van der Waals surface area (Å²) in [6, 6.07) is 13.6. The van der Waals surface area contributed by atoms with Crippen LogP contribution in [0.25, 0.3) is 11.3 Å². The number of carbonyl (C=O) groups is 1. The molecule has 1 aromatic heterocycles. The number of ether oxygens (including phenoxy) is 1. The summed E-state index contributed by atoms with van der Waals surface area (Å²) in [7, 11) is 1.46. The minimum atomic E-state index is -0.439. The molecule has 2 aromatic carbocycles. The van der Waals surface area contributed by atoms with Crippen LogP contribution in [-0.4, -0.2) is 34.0 Å². The molecule has 1 amide bonds. The molecule has 0 fully saturated rings. The van der Waals surface area contributed by atoms with Crippen LogP contribution in [0.5, 0.6) is 11.5 Å². The van der Waals surface area contributed by atoms with E-state index in [4.69, 9.17) is 16.3 Å². The Morgan fingerprint density at radius 2 is 2.04 bits per heavy atom. The SMILES string of the molecule is COc1cc(C(C)=NNC(=O)c2cc(-c3ccccc3Cl)n[nH]2)ccc1O. The van der Waals surface area contributed by atoms with Gasteiger partial charge in [-0.1, -0.05) is 29.8 Å². The zero-order valence-corrected chi connectivity index (χ0v) is 15.4. The average molecular weight is 385 g/mol. The van der Waals surface area contributed by atoms with Crippen LogP contribution in [0.1, 0.15) is 23.0 Å². The molecule has 0 aliphatic carbocycles. The number of amides is 1. The van der Waals surface area contributed by atoms with E-state index >= 15 is 0 Å². The van der Waals surface area contributed by atoms with Crippen LogP contribution in [0.2, 0.25) is 5.02 Å². The van der Waals surface area contributed by atoms with Crippen molar-refractivity contribution < 1.29 is 14.6 Å². The van der Waals surface area contributed by atoms with Crippen molar-refractivity contribution in [2.75, 3.05) is 7.11 Å². The molecule has 0 aliphatic rings. The number of phenolic OH excluding ortho intramolecular Hbond substituents is 1. The molecular formula is C19H17ClN4O3. The number of hydrogen-bond donors (Lipinski definition) is 3. The molecule has 0 aliphatic heterocycles. The van der Waals surface area contributed by atoms with Gasteiger partial charge in [-0.25, -0.2) is 5.43 Å². The molecule has 27 heavy (non-hydrogen) atoms. The van der Waals surface area contributed by atoms with Crippen molar-refractivity contribution in [2.24, 2.45) is 5.10 Å². The number of benzene rings is 2. The van der Waals surface area contributed by atoms with E-state index in [-0.39, 0.29) is 11.4 Å². The van der Waals surface area contributed by atoms with Crippen molar-refractivity contribution >= 4 is 23.2 Å². The number of hydrazone groups is 1. The molecule has 0 bridgehead atoms. The number of carbonyl (C=O) groups excluding carboxylic acids is 1. The van der Waals surface area contributed by atoms with Gasteiger partial charge in [-0.3, -0.25) is 9.89 Å². The molecule has 0 spiro atoms. The van der Waals surface area contributed by atoms with Gasteiger partial charge < -0.3 is 9.84 Å². The fraction of sp³-hybridized carbons (Fsp3) is 0.105. The number of aromatic amines is 1. The van der Waals surface area contributed by atoms with Gasteiger partial charge in [0.05, 0.1) is 23.5 Å². The van der Waals surface area contributed by atoms with Crippen molar-refractivity contribution in [1.82, 2.24) is 15.6 Å². The van der Waals surface area contributed by atoms with E-state index in [1.807, 2.05) is 18.2 Å². The summed E-state index contributed by atoms with van der Waals surface area (Å²) in [6.07, 6.45) is 0. The second kappa shape index (κ2) is 7.92. The number of nitrogens with zero attached hydrogens (tertiary/aromatic N) is 2. The van der Waals surface area contributed by atoms with Crippen molar-refractivity contribution in [2.45, 2.75) is 6.92 Å². The molecule has 0 atom stereocenters. The Morgan fingerprint density at radius 3 is 2.78 bits per heavy atom. The highest BCUT2D eigenvalue weighted by Gasteiger charge is 2.13. The van der Waals surface area contributed by atoms with Crippen LogP contribution in [0.3, 0.4) is 0 Å². The number of methoxy groups -OCH3 is 1. The highest BCUT2D eigenvalue weighted by molar-refractivity contribution is 6.33. The molecule has 0 radical (unpaired) electrons. The number of rotatable bonds is 5. The number of hydrogen-bond acceptors (Lipinski definition) is 5. The lowest BCUT2D eigenvalue weighted by Gasteiger charge is -2.06. The smallest absolute Gasteiger partial charge is 0.289 e. The van der Waals surface area contributed by atoms with E-state index in [0.717, 1.165) is 5.56 Å². The summed E-state index contributed by atoms with van der Waals surface area (Å²) in [4.78, 5) is 12.3. The molecule has 0 unspecified atom stereocenters. The lowest BCUT2D eigenvalue weighted by atomic mass is 10.1. The summed E-state index contributed by atoms with van der Waals surface area (Å²) in [5, 5.41) is 21.1. The van der Waals surface area contributed by atoms with E-state index in [2.05, 4.69) is 20.7 Å². The van der Waals surface area contributed by atoms with Gasteiger partial charge in [0.2, 0.25) is 0 Å². The van der Waals surface area contributed by atoms with Gasteiger partial charge in [-0.05, 0) is 37.3 Å². The highest BCUT2D eigenvalue weighted by Crippen LogP contribution is 2.27. The summed E-state index contributed by atoms with van der Waals surface area (Å²) in [5.74, 6) is -0.0835. The van der Waals surface area contributed by atoms with Crippen LogP contribution in [0.4, 0.5) is 0 Å². The Hall–Kier alpha value is -3.32. The first kappa shape index (κ1) is 18.5. The maximum absolute atomic E-state index is 12.3. The van der Waals surface area contributed by atoms with Gasteiger partial charge in [0.1, 0.15) is 5.69 Å². The van der Waals surface area contributed by atoms with E-state index in [9.17, 15) is 9.90 Å². The van der Waals surface area contributed by atoms with Crippen molar-refractivity contribution in [3.8, 4) is 22.8 Å². The molecular weight excluding hydrogens is 368 g/mol. The fourth-order valence-electron chi connectivity index (χ4n) is 2.41. The number of halogens is 1. The van der Waals surface area contributed by atoms with Gasteiger partial charge >= 0.3 is 0 Å². The Bertz CT molecular complexity index is 1010. The van der Waals surface area contributed by atoms with E-state index in [1.165, 1.54) is 13.2 Å². The van der Waals surface area contributed by atoms with Crippen molar-refractivity contribution in [3.05, 3.63) is 64.8 Å². The third-order valence-corrected chi connectivity index (χ3v) is 4.22. The summed E-state index contributed by atoms with van der Waals surface area (Å²) >= 11 is 6.15. The maximum atomic E-state index is 12.3. The van der Waals surface area contributed by atoms with Crippen LogP contribution >= 0.6 is 11.6 Å². The number of aromatic hydroxyl groups is 1. The minimum Gasteiger partial charge on any atom is -0.504 e. The standard InChI is InChI=1S/C19H17ClN4O3/c1-11(12-7-8-17(25)18(9-12)27-2)21-24-19(26)16-10-15(22-23-16)13-5-3-4-6-14(13)20/h3-10,25H,1-2H3,(H,22,23)(H,24,26). The molecule has 8 heteroatoms. The number of H-pyrrole nitrogens is 1. The minimum absolute atomic E-state index is 0.0302. The van der Waals surface area contributed by atoms with Gasteiger partial charge in [0.25, 0.3) is 5.91 Å². The third-order valence-electron chi connectivity index (χ3n) is 3.89. The Kier molecular flexibility index (Phi) is 5.42. The second-order valence-electron chi connectivity index (χ2n) is 5.67. The molecule has 3 rings (SSSR count). The average Bonchev–Trinajstić information content (AvgIpc) is 3.16. The van der Waals surface area contributed by atoms with E-state index < -0.39 is 5.91 Å². The normalized spacial score (nSPS) is 11.3. The van der Waals surface area contributed by atoms with Crippen molar-refractivity contribution in [3.63, 3.8) is 0 Å². The quantitative estimate of drug-likeness (QED) is 0.462. The molecule has 0 saturated carbocycles. The molecule has 7 nitrogen and oxygen atoms in total. The van der Waals surface area contributed by atoms with Gasteiger partial charge in [-0.15, -0.1) is 0 Å². The molecule has 3 aromatic rings. The molecule has 138 valence electrons. The Morgan fingerprint density at radius 1 is 1.26 bits per heavy atom. The monoisotopic (exact) mass is 384 g/mol. The first-order valence-electron chi connectivity index (χ1n) is 8.02. The number of nitrogens with one attached hydrogen (secondary N) is 2. The topological polar surface area (TPSA) is 99.6 Å². The molecule has 1 heterocycles. The Balaban J connectivity index is 1.74. The highest BCUT2D eigenvalue weighted by atomic mass is 35.5. The maximum Gasteiger partial charge on any atom is 0.289 e. The summed E-state index contributed by atoms with van der Waals surface area (Å²) < 4.78 is 5.07. The lowest BCUT2D eigenvalue weighted by molar-refractivity contribution is 0.0950. The fourth-order valence-corrected chi connectivity index (χ4v) is 2.64. The predicted molar refractivity (Wildman–Crippen MR) is 103 cm³/mol. The van der Waals surface area contributed by atoms with Gasteiger partial charge in [0.15, 0.2) is 11.5 Å². The van der Waals surface area contributed by atoms with E-state index in [0.29, 0.717) is 27.7 Å².